The summed E-state index contributed by atoms with van der Waals surface area (Å²) in [4.78, 5) is 3.56. The number of allylic oxidation sites excluding steroid dienone is 4. The molecule has 0 aliphatic carbocycles. The highest BCUT2D eigenvalue weighted by atomic mass is 32.2. The third-order valence-electron chi connectivity index (χ3n) is 5.78. The van der Waals surface area contributed by atoms with Gasteiger partial charge >= 0.3 is 0 Å². The van der Waals surface area contributed by atoms with Crippen molar-refractivity contribution in [3.8, 4) is 0 Å². The number of pyridine rings is 1. The van der Waals surface area contributed by atoms with E-state index < -0.39 is 0 Å². The molecule has 0 bridgehead atoms. The molecule has 0 saturated carbocycles. The number of anilines is 1. The van der Waals surface area contributed by atoms with Gasteiger partial charge in [-0.05, 0) is 44.2 Å². The van der Waals surface area contributed by atoms with E-state index >= 15 is 0 Å². The summed E-state index contributed by atoms with van der Waals surface area (Å²) in [6.07, 6.45) is 13.3. The fourth-order valence-corrected chi connectivity index (χ4v) is 6.24. The standard InChI is InChI=1S/C28H27N3S2/c1-20-17-21(2)19-31(18-20)22(13-15-27-29(3)23-9-5-7-11-25(23)32-27)14-16-28-30(4)24-10-6-8-12-26(24)33-28/h5-19H,1-4H3/q+2. The van der Waals surface area contributed by atoms with Gasteiger partial charge in [0.15, 0.2) is 12.4 Å². The molecule has 164 valence electrons. The molecule has 0 unspecified atom stereocenters. The lowest BCUT2D eigenvalue weighted by molar-refractivity contribution is -0.642. The van der Waals surface area contributed by atoms with Gasteiger partial charge in [-0.2, -0.15) is 9.13 Å². The normalized spacial score (nSPS) is 15.2. The van der Waals surface area contributed by atoms with E-state index in [1.165, 1.54) is 42.0 Å². The van der Waals surface area contributed by atoms with Gasteiger partial charge in [0.25, 0.3) is 5.01 Å². The van der Waals surface area contributed by atoms with Crippen LogP contribution in [0.1, 0.15) is 16.1 Å². The van der Waals surface area contributed by atoms with Crippen LogP contribution in [-0.2, 0) is 7.05 Å². The van der Waals surface area contributed by atoms with E-state index in [0.717, 1.165) is 5.70 Å². The number of benzene rings is 2. The number of thioether (sulfide) groups is 1. The van der Waals surface area contributed by atoms with Crippen molar-refractivity contribution in [2.45, 2.75) is 18.7 Å². The molecule has 1 aliphatic heterocycles. The number of thiazole rings is 1. The second-order valence-corrected chi connectivity index (χ2v) is 10.4. The van der Waals surface area contributed by atoms with E-state index in [-0.39, 0.29) is 0 Å². The van der Waals surface area contributed by atoms with Crippen molar-refractivity contribution in [1.29, 1.82) is 0 Å². The van der Waals surface area contributed by atoms with Gasteiger partial charge < -0.3 is 4.90 Å². The first kappa shape index (κ1) is 21.7. The Morgan fingerprint density at radius 3 is 2.45 bits per heavy atom. The monoisotopic (exact) mass is 469 g/mol. The fraction of sp³-hybridized carbons (Fsp3) is 0.143. The Bertz CT molecular complexity index is 1420. The zero-order valence-electron chi connectivity index (χ0n) is 19.3. The number of hydrogen-bond donors (Lipinski definition) is 0. The summed E-state index contributed by atoms with van der Waals surface area (Å²) in [5.74, 6) is 0. The fourth-order valence-electron chi connectivity index (χ4n) is 4.13. The number of fused-ring (bicyclic) bond motifs is 2. The van der Waals surface area contributed by atoms with E-state index in [1.54, 1.807) is 0 Å². The molecule has 2 aromatic heterocycles. The average molecular weight is 470 g/mol. The van der Waals surface area contributed by atoms with Gasteiger partial charge in [0, 0.05) is 47.4 Å². The molecule has 5 rings (SSSR count). The van der Waals surface area contributed by atoms with Crippen LogP contribution in [0, 0.1) is 13.8 Å². The molecule has 0 radical (unpaired) electrons. The topological polar surface area (TPSA) is 11.0 Å². The number of para-hydroxylation sites is 2. The van der Waals surface area contributed by atoms with Gasteiger partial charge in [-0.3, -0.25) is 0 Å². The summed E-state index contributed by atoms with van der Waals surface area (Å²) in [7, 11) is 4.27. The number of nitrogens with zero attached hydrogens (tertiary/aromatic N) is 3. The van der Waals surface area contributed by atoms with Crippen molar-refractivity contribution in [3.63, 3.8) is 0 Å². The molecule has 33 heavy (non-hydrogen) atoms. The molecular formula is C28H27N3S2+2. The van der Waals surface area contributed by atoms with Crippen LogP contribution in [0.15, 0.2) is 95.1 Å². The summed E-state index contributed by atoms with van der Waals surface area (Å²) in [6.45, 7) is 4.29. The summed E-state index contributed by atoms with van der Waals surface area (Å²) >= 11 is 3.63. The van der Waals surface area contributed by atoms with Gasteiger partial charge in [0.05, 0.1) is 10.7 Å². The zero-order chi connectivity index (χ0) is 22.9. The molecule has 4 aromatic rings. The number of hydrogen-bond acceptors (Lipinski definition) is 3. The second-order valence-electron chi connectivity index (χ2n) is 8.32. The molecular weight excluding hydrogens is 442 g/mol. The molecule has 0 fully saturated rings. The van der Waals surface area contributed by atoms with Crippen LogP contribution in [0.2, 0.25) is 0 Å². The van der Waals surface area contributed by atoms with Crippen molar-refractivity contribution in [1.82, 2.24) is 0 Å². The largest absolute Gasteiger partial charge is 0.338 e. The summed E-state index contributed by atoms with van der Waals surface area (Å²) in [5.41, 5.74) is 6.13. The van der Waals surface area contributed by atoms with Crippen LogP contribution in [0.25, 0.3) is 22.0 Å². The molecule has 0 amide bonds. The van der Waals surface area contributed by atoms with Crippen LogP contribution in [0.3, 0.4) is 0 Å². The smallest absolute Gasteiger partial charge is 0.262 e. The Labute approximate surface area is 203 Å². The Kier molecular flexibility index (Phi) is 5.92. The second kappa shape index (κ2) is 9.00. The minimum Gasteiger partial charge on any atom is -0.338 e. The number of aryl methyl sites for hydroxylation is 3. The van der Waals surface area contributed by atoms with Crippen molar-refractivity contribution >= 4 is 50.8 Å². The predicted molar refractivity (Wildman–Crippen MR) is 141 cm³/mol. The maximum Gasteiger partial charge on any atom is 0.262 e. The molecule has 5 heteroatoms. The molecule has 2 aromatic carbocycles. The molecule has 0 spiro atoms. The molecule has 0 saturated heterocycles. The van der Waals surface area contributed by atoms with E-state index in [9.17, 15) is 0 Å². The molecule has 0 atom stereocenters. The van der Waals surface area contributed by atoms with E-state index in [0.29, 0.717) is 0 Å². The summed E-state index contributed by atoms with van der Waals surface area (Å²) < 4.78 is 5.78. The van der Waals surface area contributed by atoms with Gasteiger partial charge in [0.2, 0.25) is 11.2 Å². The Morgan fingerprint density at radius 1 is 0.970 bits per heavy atom. The third-order valence-corrected chi connectivity index (χ3v) is 8.14. The first-order valence-electron chi connectivity index (χ1n) is 11.0. The lowest BCUT2D eigenvalue weighted by Gasteiger charge is -2.12. The van der Waals surface area contributed by atoms with Crippen molar-refractivity contribution in [2.75, 3.05) is 11.9 Å². The average Bonchev–Trinajstić information content (AvgIpc) is 3.30. The first-order valence-corrected chi connectivity index (χ1v) is 12.6. The quantitative estimate of drug-likeness (QED) is 0.258. The van der Waals surface area contributed by atoms with Gasteiger partial charge in [-0.15, -0.1) is 0 Å². The molecule has 1 aliphatic rings. The minimum atomic E-state index is 1.12. The lowest BCUT2D eigenvalue weighted by atomic mass is 10.2. The van der Waals surface area contributed by atoms with E-state index in [4.69, 9.17) is 0 Å². The first-order chi connectivity index (χ1) is 16.0. The number of aromatic nitrogens is 2. The van der Waals surface area contributed by atoms with Crippen LogP contribution < -0.4 is 14.0 Å². The maximum absolute atomic E-state index is 2.26. The van der Waals surface area contributed by atoms with Crippen LogP contribution in [0.4, 0.5) is 5.69 Å². The molecule has 3 nitrogen and oxygen atoms in total. The highest BCUT2D eigenvalue weighted by Gasteiger charge is 2.21. The van der Waals surface area contributed by atoms with Crippen LogP contribution >= 0.6 is 23.1 Å². The molecule has 0 N–H and O–H groups in total. The SMILES string of the molecule is Cc1cc(C)c[n+](C(/C=C/c2sc3ccccc3[n+]2C)=C/C=C2/Sc3ccccc3N2C)c1. The number of rotatable bonds is 4. The van der Waals surface area contributed by atoms with E-state index in [2.05, 4.69) is 133 Å². The van der Waals surface area contributed by atoms with Crippen LogP contribution in [-0.4, -0.2) is 7.05 Å². The third kappa shape index (κ3) is 4.39. The van der Waals surface area contributed by atoms with Gasteiger partial charge in [-0.25, -0.2) is 0 Å². The van der Waals surface area contributed by atoms with Crippen LogP contribution in [0.5, 0.6) is 0 Å². The van der Waals surface area contributed by atoms with Gasteiger partial charge in [-0.1, -0.05) is 47.4 Å². The lowest BCUT2D eigenvalue weighted by Crippen LogP contribution is -2.32. The van der Waals surface area contributed by atoms with E-state index in [1.807, 2.05) is 23.1 Å². The Balaban J connectivity index is 1.55. The van der Waals surface area contributed by atoms with Crippen molar-refractivity contribution in [2.24, 2.45) is 7.05 Å². The highest BCUT2D eigenvalue weighted by molar-refractivity contribution is 8.03. The summed E-state index contributed by atoms with van der Waals surface area (Å²) in [6, 6.07) is 19.3. The molecule has 3 heterocycles. The Hall–Kier alpha value is -3.15. The predicted octanol–water partition coefficient (Wildman–Crippen LogP) is 6.27. The Morgan fingerprint density at radius 2 is 1.70 bits per heavy atom. The maximum atomic E-state index is 2.26. The van der Waals surface area contributed by atoms with Crippen molar-refractivity contribution < 1.29 is 9.13 Å². The zero-order valence-corrected chi connectivity index (χ0v) is 21.0. The minimum absolute atomic E-state index is 1.12. The highest BCUT2D eigenvalue weighted by Crippen LogP contribution is 2.44. The summed E-state index contributed by atoms with van der Waals surface area (Å²) in [5, 5.41) is 2.44. The van der Waals surface area contributed by atoms with Crippen molar-refractivity contribution in [3.05, 3.63) is 106 Å². The van der Waals surface area contributed by atoms with Gasteiger partial charge in [0.1, 0.15) is 11.7 Å².